The van der Waals surface area contributed by atoms with Crippen LogP contribution in [0.4, 0.5) is 5.69 Å². The quantitative estimate of drug-likeness (QED) is 0.849. The van der Waals surface area contributed by atoms with E-state index in [1.54, 1.807) is 42.5 Å². The first kappa shape index (κ1) is 15.2. The molecular formula is C14H13Cl2NO2S. The van der Waals surface area contributed by atoms with E-state index in [9.17, 15) is 8.42 Å². The molecule has 0 aliphatic heterocycles. The highest BCUT2D eigenvalue weighted by atomic mass is 35.5. The molecule has 0 radical (unpaired) electrons. The average molecular weight is 330 g/mol. The lowest BCUT2D eigenvalue weighted by Crippen LogP contribution is -2.26. The molecule has 0 heterocycles. The lowest BCUT2D eigenvalue weighted by molar-refractivity contribution is 0.594. The highest BCUT2D eigenvalue weighted by Gasteiger charge is 2.23. The standard InChI is InChI=1S/C14H13Cl2NO2S/c1-10-6-8-11(9-7-10)20(18,19)17(2)13-5-3-4-12(15)14(13)16/h3-9H,1-2H3. The van der Waals surface area contributed by atoms with Gasteiger partial charge in [-0.15, -0.1) is 0 Å². The molecule has 6 heteroatoms. The first-order valence-electron chi connectivity index (χ1n) is 5.83. The van der Waals surface area contributed by atoms with Crippen molar-refractivity contribution in [3.8, 4) is 0 Å². The Kier molecular flexibility index (Phi) is 4.28. The second-order valence-corrected chi connectivity index (χ2v) is 7.11. The van der Waals surface area contributed by atoms with E-state index in [-0.39, 0.29) is 9.92 Å². The zero-order valence-corrected chi connectivity index (χ0v) is 13.3. The molecule has 2 rings (SSSR count). The predicted octanol–water partition coefficient (Wildman–Crippen LogP) is 4.13. The minimum absolute atomic E-state index is 0.210. The Morgan fingerprint density at radius 1 is 1.00 bits per heavy atom. The molecule has 0 saturated heterocycles. The number of nitrogens with zero attached hydrogens (tertiary/aromatic N) is 1. The zero-order chi connectivity index (χ0) is 14.9. The number of anilines is 1. The van der Waals surface area contributed by atoms with Crippen LogP contribution >= 0.6 is 23.2 Å². The molecule has 0 fully saturated rings. The van der Waals surface area contributed by atoms with E-state index in [0.717, 1.165) is 9.87 Å². The van der Waals surface area contributed by atoms with E-state index in [2.05, 4.69) is 0 Å². The minimum atomic E-state index is -3.66. The van der Waals surface area contributed by atoms with Crippen LogP contribution in [0.3, 0.4) is 0 Å². The van der Waals surface area contributed by atoms with Gasteiger partial charge in [0.1, 0.15) is 0 Å². The van der Waals surface area contributed by atoms with Crippen molar-refractivity contribution >= 4 is 38.9 Å². The van der Waals surface area contributed by atoms with Gasteiger partial charge in [-0.2, -0.15) is 0 Å². The fourth-order valence-corrected chi connectivity index (χ4v) is 3.41. The fourth-order valence-electron chi connectivity index (χ4n) is 1.73. The van der Waals surface area contributed by atoms with Crippen molar-refractivity contribution < 1.29 is 8.42 Å². The van der Waals surface area contributed by atoms with Gasteiger partial charge in [-0.25, -0.2) is 8.42 Å². The second-order valence-electron chi connectivity index (χ2n) is 4.36. The summed E-state index contributed by atoms with van der Waals surface area (Å²) in [5.41, 5.74) is 1.34. The lowest BCUT2D eigenvalue weighted by Gasteiger charge is -2.21. The van der Waals surface area contributed by atoms with E-state index in [0.29, 0.717) is 10.7 Å². The topological polar surface area (TPSA) is 37.4 Å². The van der Waals surface area contributed by atoms with Crippen LogP contribution in [-0.2, 0) is 10.0 Å². The Labute approximate surface area is 128 Å². The van der Waals surface area contributed by atoms with Crippen LogP contribution in [0.2, 0.25) is 10.0 Å². The molecule has 20 heavy (non-hydrogen) atoms. The molecule has 106 valence electrons. The maximum atomic E-state index is 12.5. The van der Waals surface area contributed by atoms with Crippen molar-refractivity contribution in [2.24, 2.45) is 0 Å². The third-order valence-electron chi connectivity index (χ3n) is 2.95. The molecular weight excluding hydrogens is 317 g/mol. The average Bonchev–Trinajstić information content (AvgIpc) is 2.41. The van der Waals surface area contributed by atoms with Crippen LogP contribution in [0.5, 0.6) is 0 Å². The van der Waals surface area contributed by atoms with Crippen molar-refractivity contribution in [1.82, 2.24) is 0 Å². The highest BCUT2D eigenvalue weighted by molar-refractivity contribution is 7.92. The molecule has 0 bridgehead atoms. The molecule has 2 aromatic rings. The van der Waals surface area contributed by atoms with Gasteiger partial charge in [0.05, 0.1) is 20.6 Å². The summed E-state index contributed by atoms with van der Waals surface area (Å²) in [5.74, 6) is 0. The first-order chi connectivity index (χ1) is 9.34. The van der Waals surface area contributed by atoms with Gasteiger partial charge in [0.15, 0.2) is 0 Å². The van der Waals surface area contributed by atoms with Gasteiger partial charge in [-0.3, -0.25) is 4.31 Å². The van der Waals surface area contributed by atoms with E-state index in [1.807, 2.05) is 6.92 Å². The SMILES string of the molecule is Cc1ccc(S(=O)(=O)N(C)c2cccc(Cl)c2Cl)cc1. The van der Waals surface area contributed by atoms with Gasteiger partial charge in [0.2, 0.25) is 0 Å². The molecule has 0 saturated carbocycles. The second kappa shape index (κ2) is 5.64. The molecule has 2 aromatic carbocycles. The fraction of sp³-hybridized carbons (Fsp3) is 0.143. The van der Waals surface area contributed by atoms with Gasteiger partial charge >= 0.3 is 0 Å². The number of halogens is 2. The lowest BCUT2D eigenvalue weighted by atomic mass is 10.2. The van der Waals surface area contributed by atoms with Crippen LogP contribution in [0.25, 0.3) is 0 Å². The minimum Gasteiger partial charge on any atom is -0.268 e. The van der Waals surface area contributed by atoms with E-state index < -0.39 is 10.0 Å². The van der Waals surface area contributed by atoms with Crippen LogP contribution < -0.4 is 4.31 Å². The van der Waals surface area contributed by atoms with Gasteiger partial charge in [-0.05, 0) is 31.2 Å². The third kappa shape index (κ3) is 2.77. The molecule has 0 aliphatic carbocycles. The molecule has 0 unspecified atom stereocenters. The summed E-state index contributed by atoms with van der Waals surface area (Å²) in [4.78, 5) is 0.210. The number of aryl methyl sites for hydroxylation is 1. The normalized spacial score (nSPS) is 11.4. The molecule has 0 amide bonds. The Morgan fingerprint density at radius 3 is 2.20 bits per heavy atom. The monoisotopic (exact) mass is 329 g/mol. The summed E-state index contributed by atoms with van der Waals surface area (Å²) < 4.78 is 26.2. The Balaban J connectivity index is 2.49. The maximum Gasteiger partial charge on any atom is 0.264 e. The van der Waals surface area contributed by atoms with Gasteiger partial charge < -0.3 is 0 Å². The molecule has 3 nitrogen and oxygen atoms in total. The van der Waals surface area contributed by atoms with Crippen LogP contribution in [0, 0.1) is 6.92 Å². The zero-order valence-electron chi connectivity index (χ0n) is 11.0. The number of benzene rings is 2. The molecule has 0 N–H and O–H groups in total. The molecule has 0 spiro atoms. The van der Waals surface area contributed by atoms with E-state index >= 15 is 0 Å². The first-order valence-corrected chi connectivity index (χ1v) is 8.03. The van der Waals surface area contributed by atoms with Crippen molar-refractivity contribution in [3.63, 3.8) is 0 Å². The smallest absolute Gasteiger partial charge is 0.264 e. The van der Waals surface area contributed by atoms with E-state index in [1.165, 1.54) is 7.05 Å². The summed E-state index contributed by atoms with van der Waals surface area (Å²) in [7, 11) is -2.21. The van der Waals surface area contributed by atoms with Crippen molar-refractivity contribution in [1.29, 1.82) is 0 Å². The summed E-state index contributed by atoms with van der Waals surface area (Å²) in [5, 5.41) is 0.530. The van der Waals surface area contributed by atoms with Crippen molar-refractivity contribution in [3.05, 3.63) is 58.1 Å². The largest absolute Gasteiger partial charge is 0.268 e. The van der Waals surface area contributed by atoms with Crippen molar-refractivity contribution in [2.75, 3.05) is 11.4 Å². The van der Waals surface area contributed by atoms with Gasteiger partial charge in [0, 0.05) is 7.05 Å². The summed E-state index contributed by atoms with van der Waals surface area (Å²) in [6.07, 6.45) is 0. The Bertz CT molecular complexity index is 727. The molecule has 0 aliphatic rings. The summed E-state index contributed by atoms with van der Waals surface area (Å²) in [6, 6.07) is 11.5. The third-order valence-corrected chi connectivity index (χ3v) is 5.54. The predicted molar refractivity (Wildman–Crippen MR) is 83.2 cm³/mol. The molecule has 0 atom stereocenters. The maximum absolute atomic E-state index is 12.5. The highest BCUT2D eigenvalue weighted by Crippen LogP contribution is 2.34. The van der Waals surface area contributed by atoms with E-state index in [4.69, 9.17) is 23.2 Å². The Hall–Kier alpha value is -1.23. The van der Waals surface area contributed by atoms with Crippen molar-refractivity contribution in [2.45, 2.75) is 11.8 Å². The van der Waals surface area contributed by atoms with Crippen LogP contribution in [0.15, 0.2) is 47.4 Å². The molecule has 0 aromatic heterocycles. The Morgan fingerprint density at radius 2 is 1.60 bits per heavy atom. The summed E-state index contributed by atoms with van der Waals surface area (Å²) in [6.45, 7) is 1.90. The number of rotatable bonds is 3. The van der Waals surface area contributed by atoms with Gasteiger partial charge in [-0.1, -0.05) is 47.0 Å². The number of hydrogen-bond donors (Lipinski definition) is 0. The van der Waals surface area contributed by atoms with Crippen LogP contribution in [0.1, 0.15) is 5.56 Å². The van der Waals surface area contributed by atoms with Gasteiger partial charge in [0.25, 0.3) is 10.0 Å². The van der Waals surface area contributed by atoms with Crippen LogP contribution in [-0.4, -0.2) is 15.5 Å². The number of sulfonamides is 1. The number of hydrogen-bond acceptors (Lipinski definition) is 2. The summed E-state index contributed by atoms with van der Waals surface area (Å²) >= 11 is 12.0.